The monoisotopic (exact) mass is 407 g/mol. The summed E-state index contributed by atoms with van der Waals surface area (Å²) < 4.78 is 0. The third-order valence-electron chi connectivity index (χ3n) is 7.49. The molecule has 2 aliphatic carbocycles. The Morgan fingerprint density at radius 3 is 1.38 bits per heavy atom. The summed E-state index contributed by atoms with van der Waals surface area (Å²) in [4.78, 5) is 0. The Morgan fingerprint density at radius 1 is 0.586 bits per heavy atom. The van der Waals surface area contributed by atoms with Gasteiger partial charge in [-0.05, 0) is 72.8 Å². The van der Waals surface area contributed by atoms with E-state index in [0.29, 0.717) is 16.2 Å². The molecule has 3 fully saturated rings. The van der Waals surface area contributed by atoms with Crippen molar-refractivity contribution in [1.82, 2.24) is 5.32 Å². The summed E-state index contributed by atoms with van der Waals surface area (Å²) >= 11 is 0. The van der Waals surface area contributed by atoms with Gasteiger partial charge in [-0.3, -0.25) is 0 Å². The van der Waals surface area contributed by atoms with Crippen LogP contribution in [-0.4, -0.2) is 13.1 Å². The molecule has 1 unspecified atom stereocenters. The van der Waals surface area contributed by atoms with Gasteiger partial charge in [-0.1, -0.05) is 107 Å². The first kappa shape index (κ1) is 27.0. The van der Waals surface area contributed by atoms with Crippen molar-refractivity contribution in [2.75, 3.05) is 13.1 Å². The Bertz CT molecular complexity index is 399. The fourth-order valence-corrected chi connectivity index (χ4v) is 5.44. The van der Waals surface area contributed by atoms with E-state index in [2.05, 4.69) is 67.6 Å². The zero-order valence-corrected chi connectivity index (χ0v) is 21.9. The second kappa shape index (κ2) is 12.1. The summed E-state index contributed by atoms with van der Waals surface area (Å²) in [6.07, 6.45) is 16.1. The van der Waals surface area contributed by atoms with Crippen molar-refractivity contribution in [2.45, 2.75) is 133 Å². The second-order valence-corrected chi connectivity index (χ2v) is 13.7. The van der Waals surface area contributed by atoms with E-state index in [0.717, 1.165) is 17.8 Å². The van der Waals surface area contributed by atoms with Gasteiger partial charge in [0.1, 0.15) is 0 Å². The van der Waals surface area contributed by atoms with Crippen LogP contribution in [0.25, 0.3) is 0 Å². The van der Waals surface area contributed by atoms with Gasteiger partial charge in [-0.15, -0.1) is 0 Å². The Balaban J connectivity index is 0.000000218. The minimum atomic E-state index is 0.517. The molecule has 0 aromatic heterocycles. The van der Waals surface area contributed by atoms with Gasteiger partial charge < -0.3 is 5.32 Å². The van der Waals surface area contributed by atoms with Gasteiger partial charge in [0.05, 0.1) is 0 Å². The first-order valence-corrected chi connectivity index (χ1v) is 13.0. The van der Waals surface area contributed by atoms with E-state index in [1.807, 2.05) is 0 Å². The molecule has 3 rings (SSSR count). The molecule has 3 aliphatic rings. The molecule has 174 valence electrons. The molecule has 0 bridgehead atoms. The molecule has 29 heavy (non-hydrogen) atoms. The van der Waals surface area contributed by atoms with Gasteiger partial charge in [0, 0.05) is 0 Å². The van der Waals surface area contributed by atoms with Crippen molar-refractivity contribution in [3.63, 3.8) is 0 Å². The first-order chi connectivity index (χ1) is 13.3. The third kappa shape index (κ3) is 12.4. The van der Waals surface area contributed by atoms with Crippen LogP contribution in [0.1, 0.15) is 133 Å². The molecule has 0 spiro atoms. The fraction of sp³-hybridized carbons (Fsp3) is 1.00. The van der Waals surface area contributed by atoms with Gasteiger partial charge in [0.2, 0.25) is 0 Å². The minimum absolute atomic E-state index is 0.517. The Kier molecular flexibility index (Phi) is 11.3. The molecule has 1 heteroatoms. The number of hydrogen-bond acceptors (Lipinski definition) is 1. The normalized spacial score (nSPS) is 24.5. The summed E-state index contributed by atoms with van der Waals surface area (Å²) in [6, 6.07) is 0. The van der Waals surface area contributed by atoms with Crippen molar-refractivity contribution in [3.8, 4) is 0 Å². The molecule has 2 saturated carbocycles. The van der Waals surface area contributed by atoms with Crippen molar-refractivity contribution in [1.29, 1.82) is 0 Å². The SMILES string of the molecule is CC(C)(C)C1CCCCC1.CC(C)(C)C1CCNC1.CC(C)(C)CC1CCCC1. The number of rotatable bonds is 1. The molecule has 1 N–H and O–H groups in total. The molecule has 1 atom stereocenters. The van der Waals surface area contributed by atoms with Gasteiger partial charge in [0.25, 0.3) is 0 Å². The van der Waals surface area contributed by atoms with Crippen LogP contribution >= 0.6 is 0 Å². The topological polar surface area (TPSA) is 12.0 Å². The fourth-order valence-electron chi connectivity index (χ4n) is 5.44. The molecular formula is C28H57N. The molecule has 1 saturated heterocycles. The zero-order chi connectivity index (χ0) is 22.1. The quantitative estimate of drug-likeness (QED) is 0.457. The maximum Gasteiger partial charge on any atom is -0.00150 e. The molecule has 0 aromatic carbocycles. The van der Waals surface area contributed by atoms with E-state index in [4.69, 9.17) is 0 Å². The van der Waals surface area contributed by atoms with Crippen molar-refractivity contribution < 1.29 is 0 Å². The summed E-state index contributed by atoms with van der Waals surface area (Å²) in [5.74, 6) is 2.96. The summed E-state index contributed by atoms with van der Waals surface area (Å²) in [6.45, 7) is 23.6. The van der Waals surface area contributed by atoms with Crippen molar-refractivity contribution in [2.24, 2.45) is 34.0 Å². The lowest BCUT2D eigenvalue weighted by atomic mass is 9.72. The molecule has 0 aromatic rings. The predicted octanol–water partition coefficient (Wildman–Crippen LogP) is 8.87. The summed E-state index contributed by atoms with van der Waals surface area (Å²) in [5, 5.41) is 3.38. The smallest absolute Gasteiger partial charge is 0.00150 e. The lowest BCUT2D eigenvalue weighted by molar-refractivity contribution is 0.180. The molecule has 1 nitrogen and oxygen atoms in total. The van der Waals surface area contributed by atoms with Crippen LogP contribution < -0.4 is 5.32 Å². The lowest BCUT2D eigenvalue weighted by Crippen LogP contribution is -2.22. The van der Waals surface area contributed by atoms with Gasteiger partial charge in [0.15, 0.2) is 0 Å². The van der Waals surface area contributed by atoms with Crippen LogP contribution in [0.4, 0.5) is 0 Å². The van der Waals surface area contributed by atoms with E-state index in [1.165, 1.54) is 83.7 Å². The highest BCUT2D eigenvalue weighted by molar-refractivity contribution is 4.81. The van der Waals surface area contributed by atoms with Gasteiger partial charge in [-0.2, -0.15) is 0 Å². The molecule has 0 radical (unpaired) electrons. The second-order valence-electron chi connectivity index (χ2n) is 13.7. The predicted molar refractivity (Wildman–Crippen MR) is 132 cm³/mol. The average molecular weight is 408 g/mol. The van der Waals surface area contributed by atoms with Gasteiger partial charge in [-0.25, -0.2) is 0 Å². The average Bonchev–Trinajstić information content (AvgIpc) is 3.27. The maximum atomic E-state index is 3.38. The largest absolute Gasteiger partial charge is 0.316 e. The molecular weight excluding hydrogens is 350 g/mol. The van der Waals surface area contributed by atoms with Crippen LogP contribution in [0.5, 0.6) is 0 Å². The highest BCUT2D eigenvalue weighted by atomic mass is 14.9. The van der Waals surface area contributed by atoms with E-state index in [-0.39, 0.29) is 0 Å². The summed E-state index contributed by atoms with van der Waals surface area (Å²) in [7, 11) is 0. The van der Waals surface area contributed by atoms with Crippen LogP contribution in [0.3, 0.4) is 0 Å². The van der Waals surface area contributed by atoms with Crippen molar-refractivity contribution in [3.05, 3.63) is 0 Å². The Morgan fingerprint density at radius 2 is 1.07 bits per heavy atom. The summed E-state index contributed by atoms with van der Waals surface area (Å²) in [5.41, 5.74) is 1.65. The number of hydrogen-bond donors (Lipinski definition) is 1. The van der Waals surface area contributed by atoms with E-state index in [9.17, 15) is 0 Å². The van der Waals surface area contributed by atoms with Gasteiger partial charge >= 0.3 is 0 Å². The number of nitrogens with one attached hydrogen (secondary N) is 1. The standard InChI is InChI=1S/2C10H20.C8H17N/c1-10(2,3)8-9-6-4-5-7-9;1-10(2,3)9-7-5-4-6-8-9;1-8(2,3)7-4-5-9-6-7/h2*9H,4-8H2,1-3H3;7,9H,4-6H2,1-3H3. The van der Waals surface area contributed by atoms with Crippen LogP contribution in [0.15, 0.2) is 0 Å². The highest BCUT2D eigenvalue weighted by Crippen LogP contribution is 2.37. The molecule has 0 amide bonds. The minimum Gasteiger partial charge on any atom is -0.316 e. The van der Waals surface area contributed by atoms with E-state index < -0.39 is 0 Å². The van der Waals surface area contributed by atoms with Crippen LogP contribution in [0, 0.1) is 34.0 Å². The van der Waals surface area contributed by atoms with Crippen LogP contribution in [-0.2, 0) is 0 Å². The zero-order valence-electron chi connectivity index (χ0n) is 21.9. The highest BCUT2D eigenvalue weighted by Gasteiger charge is 2.27. The van der Waals surface area contributed by atoms with E-state index >= 15 is 0 Å². The third-order valence-corrected chi connectivity index (χ3v) is 7.49. The Hall–Kier alpha value is -0.0400. The first-order valence-electron chi connectivity index (χ1n) is 13.0. The molecule has 1 heterocycles. The lowest BCUT2D eigenvalue weighted by Gasteiger charge is -2.33. The van der Waals surface area contributed by atoms with Crippen LogP contribution in [0.2, 0.25) is 0 Å². The van der Waals surface area contributed by atoms with Crippen molar-refractivity contribution >= 4 is 0 Å². The Labute approximate surface area is 185 Å². The molecule has 1 aliphatic heterocycles. The maximum absolute atomic E-state index is 3.38. The van der Waals surface area contributed by atoms with E-state index in [1.54, 1.807) is 0 Å².